The summed E-state index contributed by atoms with van der Waals surface area (Å²) in [6, 6.07) is 14.9. The van der Waals surface area contributed by atoms with Gasteiger partial charge in [-0.15, -0.1) is 24.8 Å². The van der Waals surface area contributed by atoms with Gasteiger partial charge in [-0.2, -0.15) is 0 Å². The molecule has 2 N–H and O–H groups in total. The molecule has 3 rings (SSSR count). The van der Waals surface area contributed by atoms with E-state index in [4.69, 9.17) is 9.47 Å². The number of phenols is 2. The fourth-order valence-corrected chi connectivity index (χ4v) is 4.13. The zero-order valence-corrected chi connectivity index (χ0v) is 27.1. The standard InChI is InChI=1S/2C12H18O2.C5H4S.2ClH.Ti/c2*1-5-14-9-6-7-11(13)10(8-9)12(2,3)4;1-5-3-2-4-6-5;;;/h2*6-8,13H,5H2,1-4H3;1-4H;2*1H;. The third-order valence-electron chi connectivity index (χ3n) is 4.86. The van der Waals surface area contributed by atoms with Crippen LogP contribution in [0.1, 0.15) is 71.4 Å². The van der Waals surface area contributed by atoms with E-state index < -0.39 is 0 Å². The van der Waals surface area contributed by atoms with E-state index in [0.717, 1.165) is 22.6 Å². The Kier molecular flexibility index (Phi) is 18.2. The quantitative estimate of drug-likeness (QED) is 0.287. The van der Waals surface area contributed by atoms with Crippen molar-refractivity contribution in [3.8, 4) is 23.0 Å². The topological polar surface area (TPSA) is 58.9 Å². The van der Waals surface area contributed by atoms with Gasteiger partial charge in [-0.3, -0.25) is 0 Å². The molecule has 0 amide bonds. The summed E-state index contributed by atoms with van der Waals surface area (Å²) >= 11 is 3.81. The Bertz CT molecular complexity index is 978. The molecule has 3 aromatic rings. The molecule has 0 fully saturated rings. The second-order valence-corrected chi connectivity index (χ2v) is 11.3. The number of aromatic hydroxyl groups is 2. The average molecular weight is 605 g/mol. The summed E-state index contributed by atoms with van der Waals surface area (Å²) in [6.45, 7) is 17.6. The zero-order valence-electron chi connectivity index (χ0n) is 23.1. The van der Waals surface area contributed by atoms with E-state index >= 15 is 0 Å². The zero-order chi connectivity index (χ0) is 26.6. The van der Waals surface area contributed by atoms with Crippen molar-refractivity contribution in [2.45, 2.75) is 66.2 Å². The molecule has 0 saturated carbocycles. The van der Waals surface area contributed by atoms with Gasteiger partial charge in [0.1, 0.15) is 23.0 Å². The normalized spacial score (nSPS) is 10.2. The van der Waals surface area contributed by atoms with Crippen LogP contribution in [0, 0.1) is 0 Å². The molecule has 4 nitrogen and oxygen atoms in total. The van der Waals surface area contributed by atoms with E-state index in [0.29, 0.717) is 24.7 Å². The predicted molar refractivity (Wildman–Crippen MR) is 160 cm³/mol. The summed E-state index contributed by atoms with van der Waals surface area (Å²) in [7, 11) is 0. The third-order valence-corrected chi connectivity index (χ3v) is 6.49. The average Bonchev–Trinajstić information content (AvgIpc) is 3.30. The minimum atomic E-state index is -0.0583. The molecular weight excluding hydrogens is 563 g/mol. The van der Waals surface area contributed by atoms with Crippen molar-refractivity contribution < 1.29 is 39.7 Å². The summed E-state index contributed by atoms with van der Waals surface area (Å²) in [5, 5.41) is 21.4. The summed E-state index contributed by atoms with van der Waals surface area (Å²) < 4.78 is 12.9. The number of halogens is 2. The molecule has 206 valence electrons. The second kappa shape index (κ2) is 17.9. The van der Waals surface area contributed by atoms with Crippen LogP contribution in [0.15, 0.2) is 53.9 Å². The molecule has 0 bridgehead atoms. The molecule has 0 saturated heterocycles. The number of hydrogen-bond acceptors (Lipinski definition) is 5. The molecule has 0 spiro atoms. The Morgan fingerprint density at radius 1 is 0.757 bits per heavy atom. The Balaban J connectivity index is 0. The van der Waals surface area contributed by atoms with Crippen LogP contribution in [0.5, 0.6) is 23.0 Å². The van der Waals surface area contributed by atoms with Crippen LogP contribution in [0.2, 0.25) is 0 Å². The maximum atomic E-state index is 9.68. The number of ether oxygens (including phenoxy) is 2. The monoisotopic (exact) mass is 604 g/mol. The van der Waals surface area contributed by atoms with Gasteiger partial charge in [0.05, 0.1) is 13.2 Å². The summed E-state index contributed by atoms with van der Waals surface area (Å²) in [6.07, 6.45) is 0. The fourth-order valence-electron chi connectivity index (χ4n) is 3.12. The summed E-state index contributed by atoms with van der Waals surface area (Å²) in [4.78, 5) is 1.35. The first kappa shape index (κ1) is 37.7. The summed E-state index contributed by atoms with van der Waals surface area (Å²) in [5.41, 5.74) is 1.72. The number of rotatable bonds is 5. The molecule has 8 heteroatoms. The van der Waals surface area contributed by atoms with Crippen LogP contribution in [0.4, 0.5) is 0 Å². The molecule has 2 aromatic carbocycles. The van der Waals surface area contributed by atoms with Gasteiger partial charge in [-0.1, -0.05) is 41.5 Å². The van der Waals surface area contributed by atoms with E-state index in [-0.39, 0.29) is 35.6 Å². The predicted octanol–water partition coefficient (Wildman–Crippen LogP) is 8.47. The molecule has 37 heavy (non-hydrogen) atoms. The van der Waals surface area contributed by atoms with E-state index in [1.165, 1.54) is 4.88 Å². The Labute approximate surface area is 251 Å². The molecule has 0 atom stereocenters. The van der Waals surface area contributed by atoms with Gasteiger partial charge in [-0.25, -0.2) is 0 Å². The van der Waals surface area contributed by atoms with Crippen LogP contribution in [0.3, 0.4) is 0 Å². The number of thiophene rings is 1. The molecule has 1 aromatic heterocycles. The van der Waals surface area contributed by atoms with E-state index in [1.54, 1.807) is 35.6 Å². The number of hydrogen-bond donors (Lipinski definition) is 2. The molecule has 0 aliphatic carbocycles. The SMILES string of the molecule is CCOc1ccc(O)c(C(C)(C)C)c1.CCOc1ccc(O)c(C(C)(C)C)c1.Cl.Cl.[Ti]=[CH]c1cccs1. The Morgan fingerprint density at radius 3 is 1.41 bits per heavy atom. The van der Waals surface area contributed by atoms with Crippen LogP contribution in [0.25, 0.3) is 0 Å². The molecule has 1 heterocycles. The van der Waals surface area contributed by atoms with Gasteiger partial charge in [0, 0.05) is 11.1 Å². The summed E-state index contributed by atoms with van der Waals surface area (Å²) in [5.74, 6) is 2.30. The van der Waals surface area contributed by atoms with E-state index in [2.05, 4.69) is 63.4 Å². The van der Waals surface area contributed by atoms with Crippen molar-refractivity contribution in [1.29, 1.82) is 0 Å². The van der Waals surface area contributed by atoms with Crippen LogP contribution in [-0.4, -0.2) is 27.7 Å². The van der Waals surface area contributed by atoms with E-state index in [1.807, 2.05) is 46.0 Å². The van der Waals surface area contributed by atoms with Gasteiger partial charge in [0.15, 0.2) is 0 Å². The van der Waals surface area contributed by atoms with Gasteiger partial charge >= 0.3 is 58.0 Å². The Hall–Kier alpha value is -1.50. The van der Waals surface area contributed by atoms with Crippen LogP contribution < -0.4 is 9.47 Å². The third kappa shape index (κ3) is 13.7. The molecule has 0 radical (unpaired) electrons. The van der Waals surface area contributed by atoms with Crippen molar-refractivity contribution in [3.63, 3.8) is 0 Å². The Morgan fingerprint density at radius 2 is 1.16 bits per heavy atom. The van der Waals surface area contributed by atoms with Crippen molar-refractivity contribution >= 4 is 40.5 Å². The van der Waals surface area contributed by atoms with Crippen molar-refractivity contribution in [3.05, 3.63) is 69.9 Å². The number of phenolic OH excluding ortho intramolecular Hbond substituents is 2. The maximum absolute atomic E-state index is 9.68. The van der Waals surface area contributed by atoms with Crippen molar-refractivity contribution in [2.24, 2.45) is 0 Å². The fraction of sp³-hybridized carbons (Fsp3) is 0.414. The van der Waals surface area contributed by atoms with E-state index in [9.17, 15) is 10.2 Å². The minimum absolute atomic E-state index is 0. The number of benzene rings is 2. The van der Waals surface area contributed by atoms with Crippen molar-refractivity contribution in [2.75, 3.05) is 13.2 Å². The van der Waals surface area contributed by atoms with Crippen molar-refractivity contribution in [1.82, 2.24) is 0 Å². The molecule has 0 unspecified atom stereocenters. The van der Waals surface area contributed by atoms with Gasteiger partial charge in [0.25, 0.3) is 0 Å². The van der Waals surface area contributed by atoms with Gasteiger partial charge in [-0.05, 0) is 61.1 Å². The first-order chi connectivity index (χ1) is 16.3. The van der Waals surface area contributed by atoms with Gasteiger partial charge < -0.3 is 19.7 Å². The van der Waals surface area contributed by atoms with Crippen LogP contribution in [-0.2, 0) is 30.8 Å². The first-order valence-corrected chi connectivity index (χ1v) is 13.6. The first-order valence-electron chi connectivity index (χ1n) is 11.8. The second-order valence-electron chi connectivity index (χ2n) is 9.88. The molecule has 0 aliphatic rings. The molecule has 0 aliphatic heterocycles. The molecular formula is C29H42Cl2O4STi. The van der Waals surface area contributed by atoms with Gasteiger partial charge in [0.2, 0.25) is 0 Å². The van der Waals surface area contributed by atoms with Crippen LogP contribution >= 0.6 is 36.2 Å².